The topological polar surface area (TPSA) is 56.7 Å². The van der Waals surface area contributed by atoms with Crippen molar-refractivity contribution in [3.8, 4) is 0 Å². The van der Waals surface area contributed by atoms with Gasteiger partial charge in [-0.1, -0.05) is 13.8 Å². The Morgan fingerprint density at radius 3 is 2.93 bits per heavy atom. The van der Waals surface area contributed by atoms with Crippen molar-refractivity contribution in [2.45, 2.75) is 51.5 Å². The summed E-state index contributed by atoms with van der Waals surface area (Å²) in [6, 6.07) is 0. The summed E-state index contributed by atoms with van der Waals surface area (Å²) in [6.07, 6.45) is 3.49. The third kappa shape index (κ3) is 1.91. The van der Waals surface area contributed by atoms with Gasteiger partial charge in [-0.15, -0.1) is 10.2 Å². The predicted octanol–water partition coefficient (Wildman–Crippen LogP) is 1.63. The van der Waals surface area contributed by atoms with Gasteiger partial charge in [0.15, 0.2) is 0 Å². The normalized spacial score (nSPS) is 20.7. The molecule has 0 aliphatic carbocycles. The second-order valence-electron chi connectivity index (χ2n) is 4.64. The van der Waals surface area contributed by atoms with Crippen molar-refractivity contribution in [1.29, 1.82) is 0 Å². The average molecular weight is 208 g/mol. The van der Waals surface area contributed by atoms with Crippen LogP contribution in [0.2, 0.25) is 0 Å². The van der Waals surface area contributed by atoms with Gasteiger partial charge in [0.05, 0.1) is 0 Å². The molecule has 0 saturated heterocycles. The second-order valence-corrected chi connectivity index (χ2v) is 4.64. The van der Waals surface area contributed by atoms with E-state index in [1.165, 1.54) is 12.8 Å². The summed E-state index contributed by atoms with van der Waals surface area (Å²) < 4.78 is 2.30. The number of nitrogens with zero attached hydrogens (tertiary/aromatic N) is 3. The first-order valence-electron chi connectivity index (χ1n) is 5.87. The molecule has 0 bridgehead atoms. The third-order valence-electron chi connectivity index (χ3n) is 3.14. The highest BCUT2D eigenvalue weighted by atomic mass is 15.3. The Labute approximate surface area is 90.9 Å². The third-order valence-corrected chi connectivity index (χ3v) is 3.14. The number of hydrogen-bond acceptors (Lipinski definition) is 3. The van der Waals surface area contributed by atoms with Crippen molar-refractivity contribution >= 4 is 0 Å². The fraction of sp³-hybridized carbons (Fsp3) is 0.818. The first kappa shape index (κ1) is 10.6. The lowest BCUT2D eigenvalue weighted by atomic mass is 9.95. The van der Waals surface area contributed by atoms with Crippen molar-refractivity contribution in [2.24, 2.45) is 5.73 Å². The van der Waals surface area contributed by atoms with E-state index in [9.17, 15) is 0 Å². The van der Waals surface area contributed by atoms with E-state index in [2.05, 4.69) is 28.6 Å². The molecule has 84 valence electrons. The predicted molar refractivity (Wildman–Crippen MR) is 59.8 cm³/mol. The summed E-state index contributed by atoms with van der Waals surface area (Å²) in [5.74, 6) is 3.29. The van der Waals surface area contributed by atoms with E-state index in [4.69, 9.17) is 5.73 Å². The van der Waals surface area contributed by atoms with Crippen LogP contribution in [0.25, 0.3) is 0 Å². The Morgan fingerprint density at radius 1 is 1.47 bits per heavy atom. The van der Waals surface area contributed by atoms with E-state index in [-0.39, 0.29) is 0 Å². The molecule has 2 rings (SSSR count). The Kier molecular flexibility index (Phi) is 3.05. The summed E-state index contributed by atoms with van der Waals surface area (Å²) >= 11 is 0. The van der Waals surface area contributed by atoms with Crippen molar-refractivity contribution in [1.82, 2.24) is 14.8 Å². The van der Waals surface area contributed by atoms with Gasteiger partial charge in [-0.2, -0.15) is 0 Å². The molecule has 0 spiro atoms. The molecular weight excluding hydrogens is 188 g/mol. The van der Waals surface area contributed by atoms with Gasteiger partial charge in [0, 0.05) is 18.4 Å². The average Bonchev–Trinajstić information content (AvgIpc) is 2.62. The van der Waals surface area contributed by atoms with Gasteiger partial charge in [-0.05, 0) is 25.8 Å². The van der Waals surface area contributed by atoms with Crippen molar-refractivity contribution in [3.05, 3.63) is 11.6 Å². The van der Waals surface area contributed by atoms with Crippen molar-refractivity contribution in [2.75, 3.05) is 6.54 Å². The lowest BCUT2D eigenvalue weighted by molar-refractivity contribution is 0.418. The van der Waals surface area contributed by atoms with Gasteiger partial charge in [-0.3, -0.25) is 0 Å². The SMILES string of the molecule is CC(C)c1nnc2n1CCCC2CCN. The van der Waals surface area contributed by atoms with Crippen LogP contribution in [-0.2, 0) is 6.54 Å². The first-order chi connectivity index (χ1) is 7.24. The smallest absolute Gasteiger partial charge is 0.136 e. The lowest BCUT2D eigenvalue weighted by Crippen LogP contribution is -2.20. The van der Waals surface area contributed by atoms with Crippen LogP contribution in [0.1, 0.15) is 56.6 Å². The highest BCUT2D eigenvalue weighted by Gasteiger charge is 2.25. The molecule has 0 saturated carbocycles. The van der Waals surface area contributed by atoms with Gasteiger partial charge < -0.3 is 10.3 Å². The summed E-state index contributed by atoms with van der Waals surface area (Å²) in [6.45, 7) is 6.17. The number of nitrogens with two attached hydrogens (primary N) is 1. The zero-order valence-corrected chi connectivity index (χ0v) is 9.61. The Balaban J connectivity index is 2.29. The van der Waals surface area contributed by atoms with Gasteiger partial charge in [0.25, 0.3) is 0 Å². The summed E-state index contributed by atoms with van der Waals surface area (Å²) in [5.41, 5.74) is 5.63. The van der Waals surface area contributed by atoms with E-state index in [0.717, 1.165) is 31.2 Å². The van der Waals surface area contributed by atoms with Gasteiger partial charge >= 0.3 is 0 Å². The molecule has 1 aliphatic rings. The molecule has 4 nitrogen and oxygen atoms in total. The molecule has 2 heterocycles. The van der Waals surface area contributed by atoms with Gasteiger partial charge in [0.2, 0.25) is 0 Å². The monoisotopic (exact) mass is 208 g/mol. The molecule has 4 heteroatoms. The summed E-state index contributed by atoms with van der Waals surface area (Å²) in [5, 5.41) is 8.64. The molecule has 1 unspecified atom stereocenters. The maximum absolute atomic E-state index is 5.63. The van der Waals surface area contributed by atoms with Gasteiger partial charge in [-0.25, -0.2) is 0 Å². The van der Waals surface area contributed by atoms with E-state index in [0.29, 0.717) is 11.8 Å². The molecule has 1 aromatic rings. The van der Waals surface area contributed by atoms with Crippen molar-refractivity contribution in [3.63, 3.8) is 0 Å². The Hall–Kier alpha value is -0.900. The molecule has 0 aromatic carbocycles. The number of rotatable bonds is 3. The van der Waals surface area contributed by atoms with E-state index >= 15 is 0 Å². The molecule has 1 atom stereocenters. The van der Waals surface area contributed by atoms with Crippen LogP contribution in [0.5, 0.6) is 0 Å². The van der Waals surface area contributed by atoms with Crippen LogP contribution in [0.15, 0.2) is 0 Å². The molecule has 1 aliphatic heterocycles. The highest BCUT2D eigenvalue weighted by molar-refractivity contribution is 5.07. The van der Waals surface area contributed by atoms with Crippen LogP contribution in [0, 0.1) is 0 Å². The largest absolute Gasteiger partial charge is 0.330 e. The minimum absolute atomic E-state index is 0.461. The van der Waals surface area contributed by atoms with Crippen LogP contribution in [-0.4, -0.2) is 21.3 Å². The number of aromatic nitrogens is 3. The fourth-order valence-electron chi connectivity index (χ4n) is 2.39. The molecule has 1 aromatic heterocycles. The van der Waals surface area contributed by atoms with E-state index in [1.54, 1.807) is 0 Å². The molecule has 0 radical (unpaired) electrons. The molecule has 15 heavy (non-hydrogen) atoms. The number of fused-ring (bicyclic) bond motifs is 1. The maximum Gasteiger partial charge on any atom is 0.136 e. The van der Waals surface area contributed by atoms with Crippen molar-refractivity contribution < 1.29 is 0 Å². The molecule has 2 N–H and O–H groups in total. The number of hydrogen-bond donors (Lipinski definition) is 1. The second kappa shape index (κ2) is 4.31. The zero-order chi connectivity index (χ0) is 10.8. The standard InChI is InChI=1S/C11H20N4/c1-8(2)10-13-14-11-9(5-6-12)4-3-7-15(10)11/h8-9H,3-7,12H2,1-2H3. The summed E-state index contributed by atoms with van der Waals surface area (Å²) in [4.78, 5) is 0. The Bertz CT molecular complexity index is 329. The zero-order valence-electron chi connectivity index (χ0n) is 9.61. The highest BCUT2D eigenvalue weighted by Crippen LogP contribution is 2.30. The summed E-state index contributed by atoms with van der Waals surface area (Å²) in [7, 11) is 0. The minimum Gasteiger partial charge on any atom is -0.330 e. The quantitative estimate of drug-likeness (QED) is 0.821. The fourth-order valence-corrected chi connectivity index (χ4v) is 2.39. The van der Waals surface area contributed by atoms with Crippen LogP contribution < -0.4 is 5.73 Å². The molecule has 0 amide bonds. The van der Waals surface area contributed by atoms with Crippen LogP contribution in [0.3, 0.4) is 0 Å². The van der Waals surface area contributed by atoms with Crippen LogP contribution >= 0.6 is 0 Å². The minimum atomic E-state index is 0.461. The maximum atomic E-state index is 5.63. The molecular formula is C11H20N4. The van der Waals surface area contributed by atoms with Gasteiger partial charge in [0.1, 0.15) is 11.6 Å². The first-order valence-corrected chi connectivity index (χ1v) is 5.87. The Morgan fingerprint density at radius 2 is 2.27 bits per heavy atom. The van der Waals surface area contributed by atoms with Crippen LogP contribution in [0.4, 0.5) is 0 Å². The van der Waals surface area contributed by atoms with E-state index in [1.807, 2.05) is 0 Å². The molecule has 0 fully saturated rings. The lowest BCUT2D eigenvalue weighted by Gasteiger charge is -2.23. The van der Waals surface area contributed by atoms with E-state index < -0.39 is 0 Å².